The van der Waals surface area contributed by atoms with Crippen molar-refractivity contribution in [2.75, 3.05) is 24.2 Å². The second-order valence-electron chi connectivity index (χ2n) is 8.35. The second kappa shape index (κ2) is 8.05. The summed E-state index contributed by atoms with van der Waals surface area (Å²) in [6, 6.07) is 10.2. The van der Waals surface area contributed by atoms with Crippen LogP contribution in [0.2, 0.25) is 0 Å². The van der Waals surface area contributed by atoms with E-state index >= 15 is 0 Å². The first-order chi connectivity index (χ1) is 15.2. The van der Waals surface area contributed by atoms with Gasteiger partial charge in [0.05, 0.1) is 5.52 Å². The molecule has 0 amide bonds. The minimum atomic E-state index is -0.211. The lowest BCUT2D eigenvalue weighted by Gasteiger charge is -2.22. The molecular formula is C24H26N6O. The van der Waals surface area contributed by atoms with Gasteiger partial charge in [0, 0.05) is 36.9 Å². The molecule has 0 bridgehead atoms. The zero-order chi connectivity index (χ0) is 21.4. The number of hydrogen-bond donors (Lipinski definition) is 3. The van der Waals surface area contributed by atoms with Gasteiger partial charge >= 0.3 is 0 Å². The van der Waals surface area contributed by atoms with Crippen LogP contribution in [0.3, 0.4) is 0 Å². The van der Waals surface area contributed by atoms with Crippen LogP contribution in [0.1, 0.15) is 48.4 Å². The van der Waals surface area contributed by atoms with Crippen LogP contribution in [0.5, 0.6) is 0 Å². The summed E-state index contributed by atoms with van der Waals surface area (Å²) in [7, 11) is 1.85. The molecule has 7 nitrogen and oxygen atoms in total. The third kappa shape index (κ3) is 3.43. The minimum Gasteiger partial charge on any atom is -0.383 e. The summed E-state index contributed by atoms with van der Waals surface area (Å²) in [5.41, 5.74) is 5.22. The van der Waals surface area contributed by atoms with Gasteiger partial charge in [-0.05, 0) is 55.1 Å². The predicted molar refractivity (Wildman–Crippen MR) is 123 cm³/mol. The van der Waals surface area contributed by atoms with E-state index in [1.807, 2.05) is 11.6 Å². The van der Waals surface area contributed by atoms with Gasteiger partial charge in [-0.2, -0.15) is 5.26 Å². The maximum absolute atomic E-state index is 13.2. The van der Waals surface area contributed by atoms with E-state index in [1.54, 1.807) is 12.3 Å². The molecule has 3 N–H and O–H groups in total. The van der Waals surface area contributed by atoms with Crippen molar-refractivity contribution in [3.05, 3.63) is 57.5 Å². The molecule has 0 atom stereocenters. The molecule has 1 aliphatic heterocycles. The van der Waals surface area contributed by atoms with E-state index in [2.05, 4.69) is 45.2 Å². The monoisotopic (exact) mass is 414 g/mol. The van der Waals surface area contributed by atoms with Crippen LogP contribution in [-0.4, -0.2) is 23.1 Å². The Bertz CT molecular complexity index is 1250. The molecule has 1 saturated carbocycles. The minimum absolute atomic E-state index is 0.113. The zero-order valence-corrected chi connectivity index (χ0v) is 17.7. The van der Waals surface area contributed by atoms with Crippen molar-refractivity contribution in [3.8, 4) is 6.07 Å². The van der Waals surface area contributed by atoms with Crippen molar-refractivity contribution in [2.24, 2.45) is 0 Å². The van der Waals surface area contributed by atoms with Crippen molar-refractivity contribution in [2.45, 2.75) is 44.7 Å². The first-order valence-corrected chi connectivity index (χ1v) is 10.9. The van der Waals surface area contributed by atoms with Crippen molar-refractivity contribution < 1.29 is 0 Å². The molecule has 31 heavy (non-hydrogen) atoms. The highest BCUT2D eigenvalue weighted by atomic mass is 16.1. The molecule has 0 radical (unpaired) electrons. The number of anilines is 3. The van der Waals surface area contributed by atoms with E-state index in [4.69, 9.17) is 0 Å². The van der Waals surface area contributed by atoms with E-state index < -0.39 is 0 Å². The average Bonchev–Trinajstić information content (AvgIpc) is 3.33. The smallest absolute Gasteiger partial charge is 0.269 e. The van der Waals surface area contributed by atoms with Crippen LogP contribution in [0, 0.1) is 11.3 Å². The number of nitrogens with zero attached hydrogens (tertiary/aromatic N) is 3. The van der Waals surface area contributed by atoms with Crippen LogP contribution in [-0.2, 0) is 13.0 Å². The van der Waals surface area contributed by atoms with E-state index in [-0.39, 0.29) is 17.2 Å². The highest BCUT2D eigenvalue weighted by Gasteiger charge is 2.24. The molecule has 2 aromatic heterocycles. The van der Waals surface area contributed by atoms with E-state index in [0.717, 1.165) is 67.5 Å². The van der Waals surface area contributed by atoms with Gasteiger partial charge in [-0.3, -0.25) is 4.79 Å². The lowest BCUT2D eigenvalue weighted by molar-refractivity contribution is 0.519. The van der Waals surface area contributed by atoms with Crippen LogP contribution in [0.4, 0.5) is 17.2 Å². The quantitative estimate of drug-likeness (QED) is 0.601. The normalized spacial score (nSPS) is 16.1. The SMILES string of the molecule is CNc1c(Nc2ccc3c(c2)CCNC3)ncc2cc(C#N)c(=O)n(C3CCCC3)c12. The summed E-state index contributed by atoms with van der Waals surface area (Å²) < 4.78 is 1.83. The van der Waals surface area contributed by atoms with Gasteiger partial charge in [0.2, 0.25) is 0 Å². The first-order valence-electron chi connectivity index (χ1n) is 10.9. The summed E-state index contributed by atoms with van der Waals surface area (Å²) in [4.78, 5) is 17.8. The van der Waals surface area contributed by atoms with Crippen LogP contribution in [0.25, 0.3) is 10.9 Å². The molecule has 1 aromatic carbocycles. The molecule has 158 valence electrons. The number of hydrogen-bond acceptors (Lipinski definition) is 6. The molecule has 1 fully saturated rings. The van der Waals surface area contributed by atoms with Crippen LogP contribution >= 0.6 is 0 Å². The Morgan fingerprint density at radius 1 is 1.23 bits per heavy atom. The van der Waals surface area contributed by atoms with E-state index in [1.165, 1.54) is 11.1 Å². The van der Waals surface area contributed by atoms with Crippen LogP contribution in [0.15, 0.2) is 35.3 Å². The molecule has 3 heterocycles. The molecule has 0 unspecified atom stereocenters. The Morgan fingerprint density at radius 2 is 2.06 bits per heavy atom. The van der Waals surface area contributed by atoms with Crippen molar-refractivity contribution in [1.29, 1.82) is 5.26 Å². The number of fused-ring (bicyclic) bond motifs is 2. The zero-order valence-electron chi connectivity index (χ0n) is 17.7. The van der Waals surface area contributed by atoms with E-state index in [0.29, 0.717) is 5.82 Å². The second-order valence-corrected chi connectivity index (χ2v) is 8.35. The fraction of sp³-hybridized carbons (Fsp3) is 0.375. The highest BCUT2D eigenvalue weighted by molar-refractivity contribution is 5.97. The summed E-state index contributed by atoms with van der Waals surface area (Å²) >= 11 is 0. The Labute approximate surface area is 181 Å². The molecule has 7 heteroatoms. The summed E-state index contributed by atoms with van der Waals surface area (Å²) in [5, 5.41) is 20.4. The molecule has 3 aromatic rings. The maximum Gasteiger partial charge on any atom is 0.269 e. The fourth-order valence-electron chi connectivity index (χ4n) is 4.94. The fourth-order valence-corrected chi connectivity index (χ4v) is 4.94. The number of pyridine rings is 2. The van der Waals surface area contributed by atoms with Gasteiger partial charge in [0.25, 0.3) is 5.56 Å². The van der Waals surface area contributed by atoms with Crippen molar-refractivity contribution in [1.82, 2.24) is 14.9 Å². The van der Waals surface area contributed by atoms with Gasteiger partial charge in [-0.25, -0.2) is 4.98 Å². The Morgan fingerprint density at radius 3 is 2.84 bits per heavy atom. The number of aromatic nitrogens is 2. The van der Waals surface area contributed by atoms with Gasteiger partial charge in [-0.1, -0.05) is 18.9 Å². The molecule has 1 aliphatic carbocycles. The third-order valence-corrected chi connectivity index (χ3v) is 6.49. The number of nitrogens with one attached hydrogen (secondary N) is 3. The van der Waals surface area contributed by atoms with Crippen molar-refractivity contribution in [3.63, 3.8) is 0 Å². The maximum atomic E-state index is 13.2. The summed E-state index contributed by atoms with van der Waals surface area (Å²) in [6.45, 7) is 1.89. The lowest BCUT2D eigenvalue weighted by Crippen LogP contribution is -2.26. The van der Waals surface area contributed by atoms with E-state index in [9.17, 15) is 10.1 Å². The first kappa shape index (κ1) is 19.6. The number of benzene rings is 1. The topological polar surface area (TPSA) is 94.8 Å². The largest absolute Gasteiger partial charge is 0.383 e. The van der Waals surface area contributed by atoms with Crippen LogP contribution < -0.4 is 21.5 Å². The lowest BCUT2D eigenvalue weighted by atomic mass is 10.0. The molecule has 5 rings (SSSR count). The molecular weight excluding hydrogens is 388 g/mol. The van der Waals surface area contributed by atoms with Crippen molar-refractivity contribution >= 4 is 28.1 Å². The number of nitriles is 1. The Balaban J connectivity index is 1.65. The summed E-state index contributed by atoms with van der Waals surface area (Å²) in [6.07, 6.45) is 6.88. The van der Waals surface area contributed by atoms with Gasteiger partial charge in [0.15, 0.2) is 5.82 Å². The van der Waals surface area contributed by atoms with Gasteiger partial charge < -0.3 is 20.5 Å². The Kier molecular flexibility index (Phi) is 5.08. The average molecular weight is 415 g/mol. The standard InChI is InChI=1S/C24H26N6O/c1-26-21-22-18(10-17(12-25)24(31)30(22)20-4-2-3-5-20)14-28-23(21)29-19-7-6-16-13-27-9-8-15(16)11-19/h6-7,10-11,14,20,26-27H,2-5,8-9,13H2,1H3,(H,28,29). The number of rotatable bonds is 4. The van der Waals surface area contributed by atoms with Gasteiger partial charge in [-0.15, -0.1) is 0 Å². The third-order valence-electron chi connectivity index (χ3n) is 6.49. The van der Waals surface area contributed by atoms with Gasteiger partial charge in [0.1, 0.15) is 17.3 Å². The molecule has 0 spiro atoms. The molecule has 0 saturated heterocycles. The predicted octanol–water partition coefficient (Wildman–Crippen LogP) is 3.81. The summed E-state index contributed by atoms with van der Waals surface area (Å²) in [5.74, 6) is 0.680. The highest BCUT2D eigenvalue weighted by Crippen LogP contribution is 2.36. The molecule has 2 aliphatic rings. The Hall–Kier alpha value is -3.37.